The molecule has 0 bridgehead atoms. The molecule has 0 radical (unpaired) electrons. The van der Waals surface area contributed by atoms with Gasteiger partial charge in [-0.25, -0.2) is 0 Å². The van der Waals surface area contributed by atoms with Gasteiger partial charge < -0.3 is 4.90 Å². The number of hydrogen-bond acceptors (Lipinski definition) is 4. The van der Waals surface area contributed by atoms with Gasteiger partial charge in [0.15, 0.2) is 0 Å². The van der Waals surface area contributed by atoms with Crippen LogP contribution in [0.2, 0.25) is 0 Å². The van der Waals surface area contributed by atoms with Crippen molar-refractivity contribution in [3.05, 3.63) is 0 Å². The van der Waals surface area contributed by atoms with E-state index in [0.717, 1.165) is 6.54 Å². The summed E-state index contributed by atoms with van der Waals surface area (Å²) in [5.41, 5.74) is 0. The first-order valence-corrected chi connectivity index (χ1v) is 6.03. The van der Waals surface area contributed by atoms with Gasteiger partial charge in [0, 0.05) is 12.6 Å². The normalized spacial score (nSPS) is 12.8. The average Bonchev–Trinajstić information content (AvgIpc) is 2.05. The molecule has 0 fully saturated rings. The molecule has 0 spiro atoms. The Labute approximate surface area is 81.0 Å². The van der Waals surface area contributed by atoms with Gasteiger partial charge in [-0.05, 0) is 20.4 Å². The monoisotopic (exact) mass is 209 g/mol. The van der Waals surface area contributed by atoms with Crippen LogP contribution in [0.15, 0.2) is 0 Å². The summed E-state index contributed by atoms with van der Waals surface area (Å²) >= 11 is 0. The lowest BCUT2D eigenvalue weighted by Gasteiger charge is -2.23. The Hall–Kier alpha value is -0.130. The zero-order valence-electron chi connectivity index (χ0n) is 8.78. The first-order chi connectivity index (χ1) is 5.93. The number of hydrogen-bond donors (Lipinski definition) is 0. The second-order valence-corrected chi connectivity index (χ2v) is 5.01. The first-order valence-electron chi connectivity index (χ1n) is 4.45. The quantitative estimate of drug-likeness (QED) is 0.604. The summed E-state index contributed by atoms with van der Waals surface area (Å²) in [5.74, 6) is 0.0650. The Morgan fingerprint density at radius 1 is 1.38 bits per heavy atom. The maximum Gasteiger partial charge on any atom is 0.268 e. The van der Waals surface area contributed by atoms with Crippen LogP contribution in [-0.2, 0) is 14.3 Å². The van der Waals surface area contributed by atoms with Crippen molar-refractivity contribution in [3.63, 3.8) is 0 Å². The minimum atomic E-state index is -3.30. The van der Waals surface area contributed by atoms with E-state index in [1.54, 1.807) is 0 Å². The fourth-order valence-electron chi connectivity index (χ4n) is 1.09. The van der Waals surface area contributed by atoms with Crippen LogP contribution in [0.3, 0.4) is 0 Å². The highest BCUT2D eigenvalue weighted by molar-refractivity contribution is 7.86. The van der Waals surface area contributed by atoms with Crippen LogP contribution in [-0.4, -0.2) is 45.3 Å². The third-order valence-corrected chi connectivity index (χ3v) is 3.21. The van der Waals surface area contributed by atoms with Crippen molar-refractivity contribution in [1.82, 2.24) is 4.90 Å². The predicted octanol–water partition coefficient (Wildman–Crippen LogP) is 0.693. The van der Waals surface area contributed by atoms with E-state index in [4.69, 9.17) is 0 Å². The second kappa shape index (κ2) is 5.57. The maximum atomic E-state index is 11.0. The van der Waals surface area contributed by atoms with Crippen LogP contribution >= 0.6 is 0 Å². The van der Waals surface area contributed by atoms with Crippen LogP contribution in [0.25, 0.3) is 0 Å². The molecular formula is C8H19NO3S. The molecule has 0 amide bonds. The molecule has 13 heavy (non-hydrogen) atoms. The van der Waals surface area contributed by atoms with E-state index < -0.39 is 10.1 Å². The summed E-state index contributed by atoms with van der Waals surface area (Å²) in [7, 11) is -2.10. The van der Waals surface area contributed by atoms with Crippen molar-refractivity contribution in [2.24, 2.45) is 0 Å². The fourth-order valence-corrected chi connectivity index (χ4v) is 1.72. The summed E-state index contributed by atoms with van der Waals surface area (Å²) in [6, 6.07) is 0.372. The van der Waals surface area contributed by atoms with Gasteiger partial charge in [0.2, 0.25) is 0 Å². The van der Waals surface area contributed by atoms with Gasteiger partial charge >= 0.3 is 0 Å². The molecule has 0 heterocycles. The average molecular weight is 209 g/mol. The van der Waals surface area contributed by atoms with Crippen LogP contribution in [0, 0.1) is 0 Å². The predicted molar refractivity (Wildman–Crippen MR) is 53.2 cm³/mol. The number of nitrogens with zero attached hydrogens (tertiary/aromatic N) is 1. The summed E-state index contributed by atoms with van der Waals surface area (Å²) in [6.07, 6.45) is 0. The van der Waals surface area contributed by atoms with Crippen molar-refractivity contribution in [3.8, 4) is 0 Å². The van der Waals surface area contributed by atoms with Gasteiger partial charge in [-0.1, -0.05) is 6.92 Å². The third-order valence-electron chi connectivity index (χ3n) is 2.02. The SMILES string of the molecule is CCN(CCS(=O)(=O)OC)C(C)C. The summed E-state index contributed by atoms with van der Waals surface area (Å²) in [4.78, 5) is 2.08. The molecule has 0 rings (SSSR count). The van der Waals surface area contributed by atoms with E-state index >= 15 is 0 Å². The number of rotatable bonds is 6. The Morgan fingerprint density at radius 3 is 2.23 bits per heavy atom. The molecule has 5 heteroatoms. The Morgan fingerprint density at radius 2 is 1.92 bits per heavy atom. The molecule has 0 saturated carbocycles. The van der Waals surface area contributed by atoms with E-state index in [9.17, 15) is 8.42 Å². The summed E-state index contributed by atoms with van der Waals surface area (Å²) in [5, 5.41) is 0. The highest BCUT2D eigenvalue weighted by Gasteiger charge is 2.13. The van der Waals surface area contributed by atoms with Gasteiger partial charge in [0.25, 0.3) is 10.1 Å². The highest BCUT2D eigenvalue weighted by Crippen LogP contribution is 1.99. The lowest BCUT2D eigenvalue weighted by atomic mass is 10.3. The minimum Gasteiger partial charge on any atom is -0.300 e. The molecule has 4 nitrogen and oxygen atoms in total. The lowest BCUT2D eigenvalue weighted by molar-refractivity contribution is 0.245. The summed E-state index contributed by atoms with van der Waals surface area (Å²) in [6.45, 7) is 7.49. The van der Waals surface area contributed by atoms with Crippen molar-refractivity contribution >= 4 is 10.1 Å². The smallest absolute Gasteiger partial charge is 0.268 e. The van der Waals surface area contributed by atoms with E-state index in [1.807, 2.05) is 20.8 Å². The van der Waals surface area contributed by atoms with Crippen molar-refractivity contribution in [2.75, 3.05) is 26.0 Å². The molecule has 0 aromatic rings. The zero-order chi connectivity index (χ0) is 10.5. The second-order valence-electron chi connectivity index (χ2n) is 3.15. The Bertz CT molecular complexity index is 224. The molecule has 0 aromatic carbocycles. The molecular weight excluding hydrogens is 190 g/mol. The van der Waals surface area contributed by atoms with Crippen LogP contribution in [0.5, 0.6) is 0 Å². The van der Waals surface area contributed by atoms with Crippen molar-refractivity contribution < 1.29 is 12.6 Å². The Balaban J connectivity index is 4.00. The molecule has 0 aliphatic rings. The van der Waals surface area contributed by atoms with Crippen LogP contribution in [0.4, 0.5) is 0 Å². The minimum absolute atomic E-state index is 0.0650. The molecule has 0 aliphatic carbocycles. The molecule has 80 valence electrons. The largest absolute Gasteiger partial charge is 0.300 e. The van der Waals surface area contributed by atoms with Crippen LogP contribution in [0.1, 0.15) is 20.8 Å². The van der Waals surface area contributed by atoms with Gasteiger partial charge in [0.1, 0.15) is 0 Å². The van der Waals surface area contributed by atoms with Gasteiger partial charge in [-0.2, -0.15) is 8.42 Å². The molecule has 0 atom stereocenters. The van der Waals surface area contributed by atoms with E-state index in [-0.39, 0.29) is 5.75 Å². The maximum absolute atomic E-state index is 11.0. The fraction of sp³-hybridized carbons (Fsp3) is 1.00. The highest BCUT2D eigenvalue weighted by atomic mass is 32.2. The third kappa shape index (κ3) is 5.23. The molecule has 0 unspecified atom stereocenters. The van der Waals surface area contributed by atoms with Gasteiger partial charge in [0.05, 0.1) is 12.9 Å². The molecule has 0 N–H and O–H groups in total. The molecule has 0 saturated heterocycles. The molecule has 0 aliphatic heterocycles. The van der Waals surface area contributed by atoms with Gasteiger partial charge in [-0.15, -0.1) is 0 Å². The van der Waals surface area contributed by atoms with E-state index in [1.165, 1.54) is 7.11 Å². The van der Waals surface area contributed by atoms with E-state index in [2.05, 4.69) is 9.08 Å². The van der Waals surface area contributed by atoms with Gasteiger partial charge in [-0.3, -0.25) is 4.18 Å². The first kappa shape index (κ1) is 12.9. The van der Waals surface area contributed by atoms with Crippen LogP contribution < -0.4 is 0 Å². The van der Waals surface area contributed by atoms with E-state index in [0.29, 0.717) is 12.6 Å². The summed E-state index contributed by atoms with van der Waals surface area (Å²) < 4.78 is 26.3. The topological polar surface area (TPSA) is 46.6 Å². The Kier molecular flexibility index (Phi) is 5.51. The lowest BCUT2D eigenvalue weighted by Crippen LogP contribution is -2.35. The van der Waals surface area contributed by atoms with Crippen molar-refractivity contribution in [1.29, 1.82) is 0 Å². The zero-order valence-corrected chi connectivity index (χ0v) is 9.60. The molecule has 0 aromatic heterocycles. The standard InChI is InChI=1S/C8H19NO3S/c1-5-9(8(2)3)6-7-13(10,11)12-4/h8H,5-7H2,1-4H3. The van der Waals surface area contributed by atoms with Crippen molar-refractivity contribution in [2.45, 2.75) is 26.8 Å².